The van der Waals surface area contributed by atoms with Gasteiger partial charge in [0, 0.05) is 42.8 Å². The van der Waals surface area contributed by atoms with Crippen LogP contribution in [0.25, 0.3) is 11.1 Å². The van der Waals surface area contributed by atoms with Crippen molar-refractivity contribution in [3.05, 3.63) is 94.2 Å². The first-order valence-corrected chi connectivity index (χ1v) is 11.0. The van der Waals surface area contributed by atoms with Crippen LogP contribution in [0.2, 0.25) is 0 Å². The molecule has 0 saturated carbocycles. The zero-order chi connectivity index (χ0) is 23.1. The minimum Gasteiger partial charge on any atom is -0.468 e. The van der Waals surface area contributed by atoms with E-state index >= 15 is 0 Å². The molecule has 3 aromatic rings. The van der Waals surface area contributed by atoms with E-state index in [1.165, 1.54) is 19.2 Å². The summed E-state index contributed by atoms with van der Waals surface area (Å²) < 4.78 is 20.7. The fourth-order valence-corrected chi connectivity index (χ4v) is 5.55. The fraction of sp³-hybridized carbons (Fsp3) is 0.308. The number of likely N-dealkylation sites (tertiary alicyclic amines) is 1. The molecular formula is C26H25FN2O4. The molecule has 6 nitrogen and oxygen atoms in total. The van der Waals surface area contributed by atoms with E-state index in [-0.39, 0.29) is 29.9 Å². The van der Waals surface area contributed by atoms with Crippen LogP contribution in [0.4, 0.5) is 4.39 Å². The lowest BCUT2D eigenvalue weighted by molar-refractivity contribution is -0.148. The number of fused-ring (bicyclic) bond motifs is 3. The second kappa shape index (κ2) is 8.57. The van der Waals surface area contributed by atoms with Gasteiger partial charge in [0.25, 0.3) is 5.56 Å². The lowest BCUT2D eigenvalue weighted by atomic mass is 9.88. The second-order valence-corrected chi connectivity index (χ2v) is 8.68. The van der Waals surface area contributed by atoms with Crippen molar-refractivity contribution in [2.75, 3.05) is 13.7 Å². The van der Waals surface area contributed by atoms with Crippen molar-refractivity contribution in [2.45, 2.75) is 25.2 Å². The highest BCUT2D eigenvalue weighted by Crippen LogP contribution is 2.50. The van der Waals surface area contributed by atoms with Crippen LogP contribution < -0.4 is 5.56 Å². The molecule has 2 aromatic carbocycles. The van der Waals surface area contributed by atoms with E-state index in [2.05, 4.69) is 0 Å². The quantitative estimate of drug-likeness (QED) is 0.608. The maximum absolute atomic E-state index is 13.9. The maximum atomic E-state index is 13.9. The van der Waals surface area contributed by atoms with E-state index in [9.17, 15) is 19.1 Å². The maximum Gasteiger partial charge on any atom is 0.323 e. The van der Waals surface area contributed by atoms with Crippen molar-refractivity contribution in [2.24, 2.45) is 11.8 Å². The number of methoxy groups -OCH3 is 1. The Bertz CT molecular complexity index is 1240. The molecule has 7 heteroatoms. The van der Waals surface area contributed by atoms with E-state index < -0.39 is 17.9 Å². The van der Waals surface area contributed by atoms with Crippen molar-refractivity contribution >= 4 is 5.97 Å². The number of carbonyl (C=O) groups is 1. The minimum absolute atomic E-state index is 0.0925. The van der Waals surface area contributed by atoms with Crippen LogP contribution in [0.15, 0.2) is 71.5 Å². The van der Waals surface area contributed by atoms with Gasteiger partial charge in [0.2, 0.25) is 0 Å². The lowest BCUT2D eigenvalue weighted by Gasteiger charge is -2.30. The van der Waals surface area contributed by atoms with Gasteiger partial charge in [-0.05, 0) is 35.4 Å². The van der Waals surface area contributed by atoms with Gasteiger partial charge in [0.15, 0.2) is 0 Å². The van der Waals surface area contributed by atoms with Crippen LogP contribution in [-0.2, 0) is 22.6 Å². The lowest BCUT2D eigenvalue weighted by Crippen LogP contribution is -2.43. The molecule has 0 aliphatic carbocycles. The summed E-state index contributed by atoms with van der Waals surface area (Å²) in [4.78, 5) is 28.1. The molecule has 4 atom stereocenters. The third-order valence-electron chi connectivity index (χ3n) is 6.97. The molecule has 0 amide bonds. The molecule has 1 aromatic heterocycles. The fourth-order valence-electron chi connectivity index (χ4n) is 5.55. The molecule has 33 heavy (non-hydrogen) atoms. The number of hydrogen-bond acceptors (Lipinski definition) is 5. The smallest absolute Gasteiger partial charge is 0.323 e. The molecular weight excluding hydrogens is 423 g/mol. The highest BCUT2D eigenvalue weighted by Gasteiger charge is 2.56. The summed E-state index contributed by atoms with van der Waals surface area (Å²) >= 11 is 0. The monoisotopic (exact) mass is 448 g/mol. The molecule has 0 bridgehead atoms. The zero-order valence-electron chi connectivity index (χ0n) is 18.2. The number of aliphatic hydroxyl groups excluding tert-OH is 1. The number of pyridine rings is 1. The van der Waals surface area contributed by atoms with Gasteiger partial charge in [-0.2, -0.15) is 0 Å². The third-order valence-corrected chi connectivity index (χ3v) is 6.97. The normalized spacial score (nSPS) is 23.8. The van der Waals surface area contributed by atoms with Crippen LogP contribution >= 0.6 is 0 Å². The van der Waals surface area contributed by atoms with Crippen LogP contribution in [0, 0.1) is 17.7 Å². The number of ether oxygens (including phenoxy) is 1. The molecule has 1 saturated heterocycles. The number of rotatable bonds is 5. The number of benzene rings is 2. The first-order chi connectivity index (χ1) is 16.0. The largest absolute Gasteiger partial charge is 0.468 e. The van der Waals surface area contributed by atoms with Gasteiger partial charge in [0.05, 0.1) is 13.2 Å². The summed E-state index contributed by atoms with van der Waals surface area (Å²) in [5.41, 5.74) is 2.87. The van der Waals surface area contributed by atoms with Crippen molar-refractivity contribution < 1.29 is 19.0 Å². The van der Waals surface area contributed by atoms with Crippen molar-refractivity contribution in [1.29, 1.82) is 0 Å². The summed E-state index contributed by atoms with van der Waals surface area (Å²) in [6.07, 6.45) is 0. The molecule has 5 rings (SSSR count). The van der Waals surface area contributed by atoms with E-state index in [0.29, 0.717) is 24.2 Å². The van der Waals surface area contributed by atoms with Gasteiger partial charge < -0.3 is 14.4 Å². The average molecular weight is 448 g/mol. The first-order valence-electron chi connectivity index (χ1n) is 11.0. The summed E-state index contributed by atoms with van der Waals surface area (Å²) in [6, 6.07) is 18.6. The van der Waals surface area contributed by atoms with Crippen molar-refractivity contribution in [1.82, 2.24) is 9.47 Å². The molecule has 0 radical (unpaired) electrons. The van der Waals surface area contributed by atoms with E-state index in [1.54, 1.807) is 16.7 Å². The number of nitrogens with zero attached hydrogens (tertiary/aromatic N) is 2. The Morgan fingerprint density at radius 1 is 1.12 bits per heavy atom. The predicted molar refractivity (Wildman–Crippen MR) is 121 cm³/mol. The Balaban J connectivity index is 1.60. The molecule has 0 unspecified atom stereocenters. The van der Waals surface area contributed by atoms with Gasteiger partial charge >= 0.3 is 5.97 Å². The zero-order valence-corrected chi connectivity index (χ0v) is 18.2. The number of carbonyl (C=O) groups excluding carboxylic acids is 1. The van der Waals surface area contributed by atoms with Crippen LogP contribution in [-0.4, -0.2) is 40.3 Å². The van der Waals surface area contributed by atoms with Crippen molar-refractivity contribution in [3.63, 3.8) is 0 Å². The van der Waals surface area contributed by atoms with Crippen molar-refractivity contribution in [3.8, 4) is 11.1 Å². The van der Waals surface area contributed by atoms with E-state index in [1.807, 2.05) is 47.4 Å². The SMILES string of the molecule is COC(=O)[C@@H]1[C@@H](CO)[C@@H]2Cn3c(ccc(-c4ccccc4)c3=O)[C@@H]2N1Cc1cccc(F)c1. The number of hydrogen-bond donors (Lipinski definition) is 1. The average Bonchev–Trinajstić information content (AvgIpc) is 3.35. The molecule has 1 fully saturated rings. The summed E-state index contributed by atoms with van der Waals surface area (Å²) in [6.45, 7) is 0.483. The summed E-state index contributed by atoms with van der Waals surface area (Å²) in [7, 11) is 1.33. The molecule has 2 aliphatic rings. The Kier molecular flexibility index (Phi) is 5.60. The Morgan fingerprint density at radius 3 is 2.61 bits per heavy atom. The molecule has 0 spiro atoms. The van der Waals surface area contributed by atoms with Gasteiger partial charge in [-0.15, -0.1) is 0 Å². The predicted octanol–water partition coefficient (Wildman–Crippen LogP) is 2.99. The van der Waals surface area contributed by atoms with E-state index in [4.69, 9.17) is 4.74 Å². The van der Waals surface area contributed by atoms with Gasteiger partial charge in [-0.25, -0.2) is 4.39 Å². The van der Waals surface area contributed by atoms with Crippen LogP contribution in [0.5, 0.6) is 0 Å². The number of aliphatic hydroxyl groups is 1. The second-order valence-electron chi connectivity index (χ2n) is 8.68. The Labute approximate surface area is 190 Å². The van der Waals surface area contributed by atoms with Gasteiger partial charge in [0.1, 0.15) is 11.9 Å². The Hall–Kier alpha value is -3.29. The Morgan fingerprint density at radius 2 is 1.91 bits per heavy atom. The highest BCUT2D eigenvalue weighted by atomic mass is 19.1. The molecule has 1 N–H and O–H groups in total. The van der Waals surface area contributed by atoms with Crippen LogP contribution in [0.1, 0.15) is 17.3 Å². The topological polar surface area (TPSA) is 71.8 Å². The van der Waals surface area contributed by atoms with E-state index in [0.717, 1.165) is 11.3 Å². The number of aromatic nitrogens is 1. The minimum atomic E-state index is -0.684. The summed E-state index contributed by atoms with van der Waals surface area (Å²) in [5, 5.41) is 10.3. The number of esters is 1. The standard InChI is InChI=1S/C26H25FN2O4/c1-33-26(32)24-21(15-30)20-14-28-22(11-10-19(25(28)31)17-7-3-2-4-8-17)23(20)29(24)13-16-6-5-9-18(27)12-16/h2-12,20-21,23-24,30H,13-15H2,1H3/t20-,21-,23+,24-/m0/s1. The van der Waals surface area contributed by atoms with Gasteiger partial charge in [-0.1, -0.05) is 42.5 Å². The molecule has 170 valence electrons. The molecule has 3 heterocycles. The third kappa shape index (κ3) is 3.57. The molecule has 2 aliphatic heterocycles. The number of halogens is 1. The van der Waals surface area contributed by atoms with Gasteiger partial charge in [-0.3, -0.25) is 14.5 Å². The summed E-state index contributed by atoms with van der Waals surface area (Å²) in [5.74, 6) is -1.34. The van der Waals surface area contributed by atoms with Crippen LogP contribution in [0.3, 0.4) is 0 Å². The highest BCUT2D eigenvalue weighted by molar-refractivity contribution is 5.77. The first kappa shape index (κ1) is 21.6.